The van der Waals surface area contributed by atoms with Gasteiger partial charge in [0.1, 0.15) is 18.5 Å². The summed E-state index contributed by atoms with van der Waals surface area (Å²) in [6, 6.07) is 14.8. The predicted molar refractivity (Wildman–Crippen MR) is 87.2 cm³/mol. The van der Waals surface area contributed by atoms with Crippen LogP contribution < -0.4 is 19.5 Å². The van der Waals surface area contributed by atoms with Crippen LogP contribution in [0.15, 0.2) is 48.5 Å². The Morgan fingerprint density at radius 1 is 1.17 bits per heavy atom. The van der Waals surface area contributed by atoms with Crippen molar-refractivity contribution in [3.05, 3.63) is 48.5 Å². The molecule has 0 radical (unpaired) electrons. The molecule has 5 nitrogen and oxygen atoms in total. The van der Waals surface area contributed by atoms with Crippen molar-refractivity contribution in [1.29, 1.82) is 0 Å². The maximum atomic E-state index is 12.0. The molecule has 0 bridgehead atoms. The highest BCUT2D eigenvalue weighted by Gasteiger charge is 2.21. The molecule has 120 valence electrons. The lowest BCUT2D eigenvalue weighted by molar-refractivity contribution is -0.116. The van der Waals surface area contributed by atoms with E-state index in [1.807, 2.05) is 48.5 Å². The van der Waals surface area contributed by atoms with Crippen LogP contribution in [-0.4, -0.2) is 25.7 Å². The van der Waals surface area contributed by atoms with Crippen molar-refractivity contribution in [3.63, 3.8) is 0 Å². The fourth-order valence-electron chi connectivity index (χ4n) is 2.40. The van der Waals surface area contributed by atoms with Crippen molar-refractivity contribution in [2.75, 3.05) is 19.0 Å². The molecule has 1 N–H and O–H groups in total. The van der Waals surface area contributed by atoms with Gasteiger partial charge in [-0.2, -0.15) is 0 Å². The summed E-state index contributed by atoms with van der Waals surface area (Å²) in [5.74, 6) is 2.21. The van der Waals surface area contributed by atoms with Gasteiger partial charge in [-0.05, 0) is 42.8 Å². The van der Waals surface area contributed by atoms with Crippen molar-refractivity contribution in [2.45, 2.75) is 18.9 Å². The number of nitrogens with one attached hydrogen (secondary N) is 1. The van der Waals surface area contributed by atoms with E-state index in [2.05, 4.69) is 5.32 Å². The number of amides is 1. The van der Waals surface area contributed by atoms with Gasteiger partial charge in [0.15, 0.2) is 11.5 Å². The molecule has 2 aromatic carbocycles. The van der Waals surface area contributed by atoms with Crippen LogP contribution in [-0.2, 0) is 4.79 Å². The van der Waals surface area contributed by atoms with Gasteiger partial charge in [-0.1, -0.05) is 12.1 Å². The normalized spacial score (nSPS) is 15.8. The summed E-state index contributed by atoms with van der Waals surface area (Å²) in [6.45, 7) is 0.465. The number of rotatable bonds is 5. The Morgan fingerprint density at radius 3 is 2.65 bits per heavy atom. The van der Waals surface area contributed by atoms with Crippen molar-refractivity contribution in [2.24, 2.45) is 0 Å². The summed E-state index contributed by atoms with van der Waals surface area (Å²) < 4.78 is 16.6. The van der Waals surface area contributed by atoms with Crippen molar-refractivity contribution < 1.29 is 19.0 Å². The Hall–Kier alpha value is -2.69. The zero-order valence-corrected chi connectivity index (χ0v) is 13.0. The first-order chi connectivity index (χ1) is 11.2. The van der Waals surface area contributed by atoms with Crippen LogP contribution in [0.2, 0.25) is 0 Å². The molecule has 0 aromatic heterocycles. The van der Waals surface area contributed by atoms with Crippen molar-refractivity contribution in [3.8, 4) is 17.2 Å². The van der Waals surface area contributed by atoms with Crippen LogP contribution in [0.1, 0.15) is 12.8 Å². The highest BCUT2D eigenvalue weighted by molar-refractivity contribution is 5.90. The number of ether oxygens (including phenoxy) is 3. The minimum Gasteiger partial charge on any atom is -0.497 e. The second-order valence-corrected chi connectivity index (χ2v) is 5.31. The Bertz CT molecular complexity index is 669. The Morgan fingerprint density at radius 2 is 1.91 bits per heavy atom. The van der Waals surface area contributed by atoms with E-state index in [1.54, 1.807) is 7.11 Å². The Kier molecular flexibility index (Phi) is 4.66. The molecular formula is C18H19NO4. The maximum Gasteiger partial charge on any atom is 0.224 e. The summed E-state index contributed by atoms with van der Waals surface area (Å²) in [4.78, 5) is 12.0. The third-order valence-electron chi connectivity index (χ3n) is 3.63. The zero-order chi connectivity index (χ0) is 16.1. The molecule has 0 saturated carbocycles. The number of benzene rings is 2. The number of anilines is 1. The quantitative estimate of drug-likeness (QED) is 0.920. The van der Waals surface area contributed by atoms with E-state index in [4.69, 9.17) is 14.2 Å². The molecule has 3 rings (SSSR count). The smallest absolute Gasteiger partial charge is 0.224 e. The molecule has 1 amide bonds. The van der Waals surface area contributed by atoms with E-state index in [0.29, 0.717) is 19.4 Å². The molecule has 0 aliphatic carbocycles. The number of methoxy groups -OCH3 is 1. The number of fused-ring (bicyclic) bond motifs is 1. The number of carbonyl (C=O) groups excluding carboxylic acids is 1. The summed E-state index contributed by atoms with van der Waals surface area (Å²) in [6.07, 6.45) is 0.880. The van der Waals surface area contributed by atoms with E-state index >= 15 is 0 Å². The van der Waals surface area contributed by atoms with Gasteiger partial charge in [-0.15, -0.1) is 0 Å². The van der Waals surface area contributed by atoms with Gasteiger partial charge in [-0.25, -0.2) is 0 Å². The van der Waals surface area contributed by atoms with Gasteiger partial charge in [0.25, 0.3) is 0 Å². The summed E-state index contributed by atoms with van der Waals surface area (Å²) in [7, 11) is 1.61. The Labute approximate surface area is 135 Å². The molecule has 0 spiro atoms. The van der Waals surface area contributed by atoms with Crippen LogP contribution in [0.4, 0.5) is 5.69 Å². The van der Waals surface area contributed by atoms with Crippen LogP contribution >= 0.6 is 0 Å². The average molecular weight is 313 g/mol. The van der Waals surface area contributed by atoms with Gasteiger partial charge in [-0.3, -0.25) is 4.79 Å². The van der Waals surface area contributed by atoms with Gasteiger partial charge >= 0.3 is 0 Å². The summed E-state index contributed by atoms with van der Waals surface area (Å²) in [5, 5.41) is 2.86. The summed E-state index contributed by atoms with van der Waals surface area (Å²) in [5.41, 5.74) is 0.752. The third kappa shape index (κ3) is 3.94. The second-order valence-electron chi connectivity index (χ2n) is 5.31. The highest BCUT2D eigenvalue weighted by atomic mass is 16.6. The molecule has 1 aliphatic heterocycles. The first kappa shape index (κ1) is 15.2. The fraction of sp³-hybridized carbons (Fsp3) is 0.278. The van der Waals surface area contributed by atoms with Gasteiger partial charge in [0.2, 0.25) is 5.91 Å². The molecule has 1 atom stereocenters. The molecule has 0 fully saturated rings. The van der Waals surface area contributed by atoms with Gasteiger partial charge in [0, 0.05) is 12.1 Å². The van der Waals surface area contributed by atoms with Gasteiger partial charge < -0.3 is 19.5 Å². The zero-order valence-electron chi connectivity index (χ0n) is 13.0. The SMILES string of the molecule is COc1ccc(NC(=O)CC[C@@H]2COc3ccccc3O2)cc1. The lowest BCUT2D eigenvalue weighted by atomic mass is 10.1. The minimum absolute atomic E-state index is 0.0439. The van der Waals surface area contributed by atoms with E-state index in [0.717, 1.165) is 22.9 Å². The predicted octanol–water partition coefficient (Wildman–Crippen LogP) is 3.25. The molecular weight excluding hydrogens is 294 g/mol. The van der Waals surface area contributed by atoms with E-state index in [9.17, 15) is 4.79 Å². The maximum absolute atomic E-state index is 12.0. The van der Waals surface area contributed by atoms with Crippen LogP contribution in [0.3, 0.4) is 0 Å². The molecule has 1 aliphatic rings. The Balaban J connectivity index is 1.47. The van der Waals surface area contributed by atoms with Crippen LogP contribution in [0.25, 0.3) is 0 Å². The lowest BCUT2D eigenvalue weighted by Gasteiger charge is -2.26. The topological polar surface area (TPSA) is 56.8 Å². The third-order valence-corrected chi connectivity index (χ3v) is 3.63. The molecule has 1 heterocycles. The molecule has 0 saturated heterocycles. The molecule has 5 heteroatoms. The first-order valence-electron chi connectivity index (χ1n) is 7.57. The number of para-hydroxylation sites is 2. The van der Waals surface area contributed by atoms with Gasteiger partial charge in [0.05, 0.1) is 7.11 Å². The molecule has 2 aromatic rings. The molecule has 0 unspecified atom stereocenters. The number of hydrogen-bond donors (Lipinski definition) is 1. The van der Waals surface area contributed by atoms with Crippen LogP contribution in [0.5, 0.6) is 17.2 Å². The van der Waals surface area contributed by atoms with E-state index in [-0.39, 0.29) is 12.0 Å². The monoisotopic (exact) mass is 313 g/mol. The lowest BCUT2D eigenvalue weighted by Crippen LogP contribution is -2.30. The average Bonchev–Trinajstić information content (AvgIpc) is 2.60. The minimum atomic E-state index is -0.105. The van der Waals surface area contributed by atoms with E-state index < -0.39 is 0 Å². The fourth-order valence-corrected chi connectivity index (χ4v) is 2.40. The highest BCUT2D eigenvalue weighted by Crippen LogP contribution is 2.31. The van der Waals surface area contributed by atoms with Crippen molar-refractivity contribution in [1.82, 2.24) is 0 Å². The largest absolute Gasteiger partial charge is 0.497 e. The number of hydrogen-bond acceptors (Lipinski definition) is 4. The van der Waals surface area contributed by atoms with Crippen molar-refractivity contribution >= 4 is 11.6 Å². The summed E-state index contributed by atoms with van der Waals surface area (Å²) >= 11 is 0. The molecule has 23 heavy (non-hydrogen) atoms. The first-order valence-corrected chi connectivity index (χ1v) is 7.57. The van der Waals surface area contributed by atoms with Crippen LogP contribution in [0, 0.1) is 0 Å². The number of carbonyl (C=O) groups is 1. The van der Waals surface area contributed by atoms with E-state index in [1.165, 1.54) is 0 Å². The second kappa shape index (κ2) is 7.05. The standard InChI is InChI=1S/C18H19NO4/c1-21-14-8-6-13(7-9-14)19-18(20)11-10-15-12-22-16-4-2-3-5-17(16)23-15/h2-9,15H,10-12H2,1H3,(H,19,20)/t15-/m1/s1.